The highest BCUT2D eigenvalue weighted by Crippen LogP contribution is 2.10. The molecule has 1 rings (SSSR count). The summed E-state index contributed by atoms with van der Waals surface area (Å²) in [7, 11) is 1.35. The number of nitrogens with one attached hydrogen (secondary N) is 1. The van der Waals surface area contributed by atoms with Crippen LogP contribution in [0.25, 0.3) is 0 Å². The van der Waals surface area contributed by atoms with Gasteiger partial charge in [-0.3, -0.25) is 4.79 Å². The second-order valence-electron chi connectivity index (χ2n) is 6.64. The first-order valence-electron chi connectivity index (χ1n) is 9.69. The van der Waals surface area contributed by atoms with Gasteiger partial charge in [0.2, 0.25) is 5.91 Å². The Balaban J connectivity index is 2.22. The molecule has 0 spiro atoms. The summed E-state index contributed by atoms with van der Waals surface area (Å²) in [5, 5.41) is 2.82. The van der Waals surface area contributed by atoms with E-state index >= 15 is 0 Å². The number of ether oxygens (including phenoxy) is 1. The van der Waals surface area contributed by atoms with E-state index in [1.165, 1.54) is 45.6 Å². The van der Waals surface area contributed by atoms with Gasteiger partial charge in [-0.1, -0.05) is 68.9 Å². The van der Waals surface area contributed by atoms with Gasteiger partial charge in [0.1, 0.15) is 6.04 Å². The van der Waals surface area contributed by atoms with Gasteiger partial charge in [0.15, 0.2) is 0 Å². The quantitative estimate of drug-likeness (QED) is 0.287. The third kappa shape index (κ3) is 10.5. The van der Waals surface area contributed by atoms with Gasteiger partial charge >= 0.3 is 5.97 Å². The van der Waals surface area contributed by atoms with E-state index in [0.29, 0.717) is 12.8 Å². The van der Waals surface area contributed by atoms with Crippen LogP contribution in [0.4, 0.5) is 0 Å². The van der Waals surface area contributed by atoms with Crippen LogP contribution < -0.4 is 5.32 Å². The fourth-order valence-electron chi connectivity index (χ4n) is 2.91. The second-order valence-corrected chi connectivity index (χ2v) is 7.08. The molecule has 0 aromatic heterocycles. The summed E-state index contributed by atoms with van der Waals surface area (Å²) in [4.78, 5) is 24.1. The number of amides is 1. The Labute approximate surface area is 163 Å². The summed E-state index contributed by atoms with van der Waals surface area (Å²) < 4.78 is 4.82. The van der Waals surface area contributed by atoms with Crippen molar-refractivity contribution in [2.24, 2.45) is 0 Å². The third-order valence-electron chi connectivity index (χ3n) is 4.42. The SMILES string of the molecule is COC(=O)[C@H](Cc1ccccc1)NC(=O)CCCCCCCCCCS. The average molecular weight is 380 g/mol. The lowest BCUT2D eigenvalue weighted by Crippen LogP contribution is -2.43. The van der Waals surface area contributed by atoms with E-state index in [2.05, 4.69) is 17.9 Å². The maximum atomic E-state index is 12.1. The predicted molar refractivity (Wildman–Crippen MR) is 109 cm³/mol. The van der Waals surface area contributed by atoms with E-state index in [-0.39, 0.29) is 5.91 Å². The Morgan fingerprint density at radius 3 is 2.12 bits per heavy atom. The minimum absolute atomic E-state index is 0.0786. The zero-order chi connectivity index (χ0) is 19.0. The smallest absolute Gasteiger partial charge is 0.328 e. The Hall–Kier alpha value is -1.49. The summed E-state index contributed by atoms with van der Waals surface area (Å²) in [5.74, 6) is 0.500. The molecule has 5 heteroatoms. The summed E-state index contributed by atoms with van der Waals surface area (Å²) in [5.41, 5.74) is 1.00. The lowest BCUT2D eigenvalue weighted by atomic mass is 10.0. The fourth-order valence-corrected chi connectivity index (χ4v) is 3.13. The molecule has 0 heterocycles. The summed E-state index contributed by atoms with van der Waals surface area (Å²) in [6.45, 7) is 0. The number of hydrogen-bond donors (Lipinski definition) is 2. The lowest BCUT2D eigenvalue weighted by Gasteiger charge is -2.16. The average Bonchev–Trinajstić information content (AvgIpc) is 2.66. The van der Waals surface area contributed by atoms with Crippen molar-refractivity contribution in [3.05, 3.63) is 35.9 Å². The number of carbonyl (C=O) groups excluding carboxylic acids is 2. The molecule has 1 aromatic carbocycles. The minimum Gasteiger partial charge on any atom is -0.467 e. The zero-order valence-corrected chi connectivity index (χ0v) is 16.8. The van der Waals surface area contributed by atoms with Gasteiger partial charge in [-0.05, 0) is 24.2 Å². The zero-order valence-electron chi connectivity index (χ0n) is 15.9. The number of rotatable bonds is 14. The van der Waals surface area contributed by atoms with Crippen LogP contribution in [0.15, 0.2) is 30.3 Å². The molecule has 1 atom stereocenters. The van der Waals surface area contributed by atoms with Gasteiger partial charge < -0.3 is 10.1 Å². The monoisotopic (exact) mass is 379 g/mol. The molecule has 1 aromatic rings. The molecule has 0 aliphatic carbocycles. The molecule has 0 saturated carbocycles. The number of benzene rings is 1. The first kappa shape index (κ1) is 22.6. The molecule has 0 aliphatic rings. The van der Waals surface area contributed by atoms with Crippen LogP contribution in [-0.4, -0.2) is 30.8 Å². The number of thiol groups is 1. The van der Waals surface area contributed by atoms with Gasteiger partial charge in [-0.15, -0.1) is 0 Å². The van der Waals surface area contributed by atoms with Crippen LogP contribution in [-0.2, 0) is 20.7 Å². The highest BCUT2D eigenvalue weighted by atomic mass is 32.1. The molecule has 4 nitrogen and oxygen atoms in total. The normalized spacial score (nSPS) is 11.8. The molecule has 0 radical (unpaired) electrons. The van der Waals surface area contributed by atoms with Crippen molar-refractivity contribution >= 4 is 24.5 Å². The molecule has 1 amide bonds. The van der Waals surface area contributed by atoms with Gasteiger partial charge in [-0.25, -0.2) is 4.79 Å². The molecular formula is C21H33NO3S. The largest absolute Gasteiger partial charge is 0.467 e. The van der Waals surface area contributed by atoms with E-state index in [4.69, 9.17) is 4.74 Å². The van der Waals surface area contributed by atoms with Crippen LogP contribution in [0.3, 0.4) is 0 Å². The highest BCUT2D eigenvalue weighted by molar-refractivity contribution is 7.80. The van der Waals surface area contributed by atoms with Gasteiger partial charge in [-0.2, -0.15) is 12.6 Å². The molecule has 0 saturated heterocycles. The van der Waals surface area contributed by atoms with Gasteiger partial charge in [0.25, 0.3) is 0 Å². The van der Waals surface area contributed by atoms with Crippen molar-refractivity contribution < 1.29 is 14.3 Å². The first-order valence-corrected chi connectivity index (χ1v) is 10.3. The standard InChI is InChI=1S/C21H33NO3S/c1-25-21(24)19(17-18-13-9-8-10-14-18)22-20(23)15-11-6-4-2-3-5-7-12-16-26/h8-10,13-14,19,26H,2-7,11-12,15-17H2,1H3,(H,22,23)/t19-/m0/s1. The first-order chi connectivity index (χ1) is 12.7. The molecule has 26 heavy (non-hydrogen) atoms. The van der Waals surface area contributed by atoms with E-state index in [0.717, 1.165) is 24.2 Å². The van der Waals surface area contributed by atoms with E-state index < -0.39 is 12.0 Å². The number of esters is 1. The molecule has 0 aliphatic heterocycles. The van der Waals surface area contributed by atoms with Crippen molar-refractivity contribution in [1.29, 1.82) is 0 Å². The van der Waals surface area contributed by atoms with E-state index in [9.17, 15) is 9.59 Å². The summed E-state index contributed by atoms with van der Waals surface area (Å²) in [6, 6.07) is 9.03. The summed E-state index contributed by atoms with van der Waals surface area (Å²) >= 11 is 4.21. The Morgan fingerprint density at radius 1 is 0.962 bits per heavy atom. The number of hydrogen-bond acceptors (Lipinski definition) is 4. The van der Waals surface area contributed by atoms with Crippen molar-refractivity contribution in [2.75, 3.05) is 12.9 Å². The molecule has 1 N–H and O–H groups in total. The van der Waals surface area contributed by atoms with Crippen LogP contribution >= 0.6 is 12.6 Å². The van der Waals surface area contributed by atoms with Crippen molar-refractivity contribution in [1.82, 2.24) is 5.32 Å². The van der Waals surface area contributed by atoms with Crippen molar-refractivity contribution in [2.45, 2.75) is 70.3 Å². The number of methoxy groups -OCH3 is 1. The van der Waals surface area contributed by atoms with Gasteiger partial charge in [0.05, 0.1) is 7.11 Å². The van der Waals surface area contributed by atoms with E-state index in [1.54, 1.807) is 0 Å². The van der Waals surface area contributed by atoms with Gasteiger partial charge in [0, 0.05) is 12.8 Å². The molecular weight excluding hydrogens is 346 g/mol. The number of unbranched alkanes of at least 4 members (excludes halogenated alkanes) is 7. The maximum absolute atomic E-state index is 12.1. The molecule has 146 valence electrons. The van der Waals surface area contributed by atoms with Crippen molar-refractivity contribution in [3.63, 3.8) is 0 Å². The second kappa shape index (κ2) is 14.7. The minimum atomic E-state index is -0.623. The topological polar surface area (TPSA) is 55.4 Å². The molecule has 0 fully saturated rings. The van der Waals surface area contributed by atoms with Crippen LogP contribution in [0.1, 0.15) is 63.4 Å². The lowest BCUT2D eigenvalue weighted by molar-refractivity contribution is -0.145. The molecule has 0 unspecified atom stereocenters. The predicted octanol–water partition coefficient (Wildman–Crippen LogP) is 4.33. The Bertz CT molecular complexity index is 507. The Morgan fingerprint density at radius 2 is 1.54 bits per heavy atom. The Kier molecular flexibility index (Phi) is 12.7. The molecule has 0 bridgehead atoms. The summed E-state index contributed by atoms with van der Waals surface area (Å²) in [6.07, 6.45) is 10.2. The fraction of sp³-hybridized carbons (Fsp3) is 0.619. The number of carbonyl (C=O) groups is 2. The third-order valence-corrected chi connectivity index (χ3v) is 4.73. The maximum Gasteiger partial charge on any atom is 0.328 e. The van der Waals surface area contributed by atoms with Crippen LogP contribution in [0.2, 0.25) is 0 Å². The van der Waals surface area contributed by atoms with E-state index in [1.807, 2.05) is 30.3 Å². The van der Waals surface area contributed by atoms with Crippen molar-refractivity contribution in [3.8, 4) is 0 Å². The van der Waals surface area contributed by atoms with Crippen LogP contribution in [0, 0.1) is 0 Å². The highest BCUT2D eigenvalue weighted by Gasteiger charge is 2.21. The van der Waals surface area contributed by atoms with Crippen LogP contribution in [0.5, 0.6) is 0 Å².